The van der Waals surface area contributed by atoms with Gasteiger partial charge in [-0.2, -0.15) is 5.26 Å². The molecule has 2 aliphatic rings. The summed E-state index contributed by atoms with van der Waals surface area (Å²) in [4.78, 5) is 12.7. The molecule has 2 heterocycles. The Kier molecular flexibility index (Phi) is 4.74. The molecule has 3 nitrogen and oxygen atoms in total. The molecule has 2 aliphatic heterocycles. The first-order valence-electron chi connectivity index (χ1n) is 9.16. The number of ketones is 1. The molecule has 0 aliphatic carbocycles. The molecule has 2 atom stereocenters. The van der Waals surface area contributed by atoms with Crippen LogP contribution in [0.4, 0.5) is 0 Å². The molecule has 2 aromatic rings. The van der Waals surface area contributed by atoms with Gasteiger partial charge in [-0.15, -0.1) is 0 Å². The van der Waals surface area contributed by atoms with E-state index in [9.17, 15) is 14.3 Å². The largest absolute Gasteiger partial charge is 0.299 e. The molecule has 0 aromatic heterocycles. The van der Waals surface area contributed by atoms with Gasteiger partial charge in [0, 0.05) is 33.6 Å². The van der Waals surface area contributed by atoms with Crippen molar-refractivity contribution < 1.29 is 9.00 Å². The molecular formula is C22H21NO2S. The molecule has 26 heavy (non-hydrogen) atoms. The molecule has 2 fully saturated rings. The van der Waals surface area contributed by atoms with Crippen LogP contribution < -0.4 is 0 Å². The summed E-state index contributed by atoms with van der Waals surface area (Å²) in [6.45, 7) is 0. The number of rotatable bonds is 4. The van der Waals surface area contributed by atoms with Crippen molar-refractivity contribution in [1.82, 2.24) is 0 Å². The first-order valence-corrected chi connectivity index (χ1v) is 10.4. The molecule has 0 N–H and O–H groups in total. The third kappa shape index (κ3) is 3.24. The van der Waals surface area contributed by atoms with Crippen LogP contribution in [-0.4, -0.2) is 20.5 Å². The molecule has 0 radical (unpaired) electrons. The predicted octanol–water partition coefficient (Wildman–Crippen LogP) is 4.03. The number of nitriles is 1. The summed E-state index contributed by atoms with van der Waals surface area (Å²) in [6.07, 6.45) is 4.09. The zero-order valence-corrected chi connectivity index (χ0v) is 15.4. The lowest BCUT2D eigenvalue weighted by Crippen LogP contribution is -2.32. The zero-order valence-electron chi connectivity index (χ0n) is 14.6. The smallest absolute Gasteiger partial charge is 0.140 e. The van der Waals surface area contributed by atoms with E-state index in [2.05, 4.69) is 6.07 Å². The van der Waals surface area contributed by atoms with Gasteiger partial charge in [0.2, 0.25) is 0 Å². The Morgan fingerprint density at radius 2 is 1.69 bits per heavy atom. The van der Waals surface area contributed by atoms with E-state index >= 15 is 0 Å². The van der Waals surface area contributed by atoms with Crippen molar-refractivity contribution in [2.75, 3.05) is 0 Å². The molecule has 2 bridgehead atoms. The molecule has 2 aromatic carbocycles. The molecule has 4 rings (SSSR count). The van der Waals surface area contributed by atoms with Gasteiger partial charge in [0.15, 0.2) is 0 Å². The minimum absolute atomic E-state index is 0.0733. The fourth-order valence-electron chi connectivity index (χ4n) is 4.28. The minimum atomic E-state index is -0.708. The first-order chi connectivity index (χ1) is 12.7. The maximum Gasteiger partial charge on any atom is 0.140 e. The van der Waals surface area contributed by atoms with E-state index in [1.807, 2.05) is 48.5 Å². The fraction of sp³-hybridized carbons (Fsp3) is 0.364. The molecule has 0 saturated carbocycles. The average Bonchev–Trinajstić information content (AvgIpc) is 2.88. The highest BCUT2D eigenvalue weighted by molar-refractivity contribution is 7.86. The van der Waals surface area contributed by atoms with Gasteiger partial charge in [0.1, 0.15) is 5.78 Å². The van der Waals surface area contributed by atoms with Gasteiger partial charge in [-0.05, 0) is 48.4 Å². The van der Waals surface area contributed by atoms with Crippen LogP contribution in [0.1, 0.15) is 36.8 Å². The predicted molar refractivity (Wildman–Crippen MR) is 103 cm³/mol. The van der Waals surface area contributed by atoms with E-state index in [-0.39, 0.29) is 22.2 Å². The van der Waals surface area contributed by atoms with Gasteiger partial charge < -0.3 is 0 Å². The van der Waals surface area contributed by atoms with E-state index in [4.69, 9.17) is 0 Å². The number of carbonyl (C=O) groups is 1. The van der Waals surface area contributed by atoms with Crippen molar-refractivity contribution in [3.63, 3.8) is 0 Å². The van der Waals surface area contributed by atoms with Crippen LogP contribution in [0.3, 0.4) is 0 Å². The van der Waals surface area contributed by atoms with Gasteiger partial charge in [-0.25, -0.2) is 0 Å². The summed E-state index contributed by atoms with van der Waals surface area (Å²) in [6, 6.07) is 17.7. The summed E-state index contributed by atoms with van der Waals surface area (Å²) in [5, 5.41) is 9.73. The van der Waals surface area contributed by atoms with Gasteiger partial charge >= 0.3 is 0 Å². The van der Waals surface area contributed by atoms with Crippen LogP contribution in [0.15, 0.2) is 48.5 Å². The molecular weight excluding hydrogens is 342 g/mol. The monoisotopic (exact) mass is 363 g/mol. The quantitative estimate of drug-likeness (QED) is 0.824. The minimum Gasteiger partial charge on any atom is -0.299 e. The summed E-state index contributed by atoms with van der Waals surface area (Å²) in [5.41, 5.74) is 3.57. The maximum atomic E-state index is 12.7. The first kappa shape index (κ1) is 17.2. The highest BCUT2D eigenvalue weighted by atomic mass is 32.2. The average molecular weight is 363 g/mol. The van der Waals surface area contributed by atoms with Crippen molar-refractivity contribution in [3.05, 3.63) is 59.7 Å². The number of carbonyl (C=O) groups excluding carboxylic acids is 1. The molecule has 132 valence electrons. The fourth-order valence-corrected chi connectivity index (χ4v) is 6.40. The van der Waals surface area contributed by atoms with Crippen LogP contribution in [0.25, 0.3) is 11.1 Å². The van der Waals surface area contributed by atoms with Crippen LogP contribution in [0.2, 0.25) is 0 Å². The Labute approximate surface area is 156 Å². The lowest BCUT2D eigenvalue weighted by Gasteiger charge is -2.26. The van der Waals surface area contributed by atoms with E-state index in [1.165, 1.54) is 0 Å². The van der Waals surface area contributed by atoms with E-state index < -0.39 is 10.8 Å². The SMILES string of the molecule is N#Cc1ccccc1-c1ccc(CC(=O)C2CC3CCC(C2)S3=O)cc1. The number of hydrogen-bond donors (Lipinski definition) is 0. The Morgan fingerprint density at radius 1 is 1.04 bits per heavy atom. The normalized spacial score (nSPS) is 27.0. The molecule has 2 unspecified atom stereocenters. The van der Waals surface area contributed by atoms with E-state index in [0.29, 0.717) is 12.0 Å². The topological polar surface area (TPSA) is 57.9 Å². The van der Waals surface area contributed by atoms with Crippen molar-refractivity contribution >= 4 is 16.6 Å². The maximum absolute atomic E-state index is 12.7. The van der Waals surface area contributed by atoms with Crippen LogP contribution in [0, 0.1) is 17.2 Å². The summed E-state index contributed by atoms with van der Waals surface area (Å²) in [5.74, 6) is 0.355. The van der Waals surface area contributed by atoms with Gasteiger partial charge in [-0.3, -0.25) is 9.00 Å². The molecule has 0 amide bonds. The molecule has 4 heteroatoms. The third-order valence-electron chi connectivity index (χ3n) is 5.71. The van der Waals surface area contributed by atoms with Crippen LogP contribution >= 0.6 is 0 Å². The number of fused-ring (bicyclic) bond motifs is 2. The van der Waals surface area contributed by atoms with E-state index in [1.54, 1.807) is 0 Å². The highest BCUT2D eigenvalue weighted by Crippen LogP contribution is 2.39. The van der Waals surface area contributed by atoms with Gasteiger partial charge in [0.05, 0.1) is 11.6 Å². The standard InChI is InChI=1S/C22H21NO2S/c23-14-17-3-1-2-4-21(17)16-7-5-15(6-8-16)11-22(24)18-12-19-9-10-20(13-18)26(19)25/h1-8,18-20H,9-13H2. The van der Waals surface area contributed by atoms with E-state index in [0.717, 1.165) is 42.4 Å². The summed E-state index contributed by atoms with van der Waals surface area (Å²) < 4.78 is 12.1. The Bertz CT molecular complexity index is 881. The lowest BCUT2D eigenvalue weighted by molar-refractivity contribution is -0.122. The van der Waals surface area contributed by atoms with Crippen molar-refractivity contribution in [3.8, 4) is 17.2 Å². The second kappa shape index (κ2) is 7.17. The summed E-state index contributed by atoms with van der Waals surface area (Å²) >= 11 is 0. The number of Topliss-reactive ketones (excluding diaryl/α,β-unsaturated/α-hetero) is 1. The number of nitrogens with zero attached hydrogens (tertiary/aromatic N) is 1. The van der Waals surface area contributed by atoms with Crippen LogP contribution in [0.5, 0.6) is 0 Å². The molecule has 0 spiro atoms. The second-order valence-electron chi connectivity index (χ2n) is 7.32. The van der Waals surface area contributed by atoms with Crippen molar-refractivity contribution in [1.29, 1.82) is 5.26 Å². The third-order valence-corrected chi connectivity index (χ3v) is 7.88. The van der Waals surface area contributed by atoms with Crippen molar-refractivity contribution in [2.24, 2.45) is 5.92 Å². The van der Waals surface area contributed by atoms with Crippen LogP contribution in [-0.2, 0) is 22.0 Å². The van der Waals surface area contributed by atoms with Gasteiger partial charge in [-0.1, -0.05) is 42.5 Å². The molecule has 2 saturated heterocycles. The lowest BCUT2D eigenvalue weighted by atomic mass is 9.90. The highest BCUT2D eigenvalue weighted by Gasteiger charge is 2.42. The zero-order chi connectivity index (χ0) is 18.1. The second-order valence-corrected chi connectivity index (χ2v) is 9.31. The Morgan fingerprint density at radius 3 is 2.35 bits per heavy atom. The number of hydrogen-bond acceptors (Lipinski definition) is 3. The van der Waals surface area contributed by atoms with Gasteiger partial charge in [0.25, 0.3) is 0 Å². The Hall–Kier alpha value is -2.25. The Balaban J connectivity index is 1.46. The summed E-state index contributed by atoms with van der Waals surface area (Å²) in [7, 11) is -0.708. The number of benzene rings is 2. The van der Waals surface area contributed by atoms with Crippen molar-refractivity contribution in [2.45, 2.75) is 42.6 Å².